The van der Waals surface area contributed by atoms with Crippen molar-refractivity contribution in [2.75, 3.05) is 17.2 Å². The maximum absolute atomic E-state index is 6.00. The lowest BCUT2D eigenvalue weighted by Crippen LogP contribution is -2.08. The van der Waals surface area contributed by atoms with Crippen molar-refractivity contribution in [3.63, 3.8) is 0 Å². The van der Waals surface area contributed by atoms with Crippen LogP contribution >= 0.6 is 11.6 Å². The summed E-state index contributed by atoms with van der Waals surface area (Å²) in [6.45, 7) is 5.13. The van der Waals surface area contributed by atoms with Gasteiger partial charge in [-0.2, -0.15) is 0 Å². The fourth-order valence-corrected chi connectivity index (χ4v) is 2.14. The second-order valence-electron chi connectivity index (χ2n) is 4.47. The monoisotopic (exact) mass is 290 g/mol. The van der Waals surface area contributed by atoms with Crippen molar-refractivity contribution in [1.82, 2.24) is 9.97 Å². The van der Waals surface area contributed by atoms with E-state index in [9.17, 15) is 0 Å². The molecule has 1 heterocycles. The summed E-state index contributed by atoms with van der Waals surface area (Å²) in [6.07, 6.45) is 3.49. The summed E-state index contributed by atoms with van der Waals surface area (Å²) in [5, 5.41) is 7.34. The number of hydrogen-bond acceptors (Lipinski definition) is 4. The summed E-state index contributed by atoms with van der Waals surface area (Å²) in [7, 11) is 0. The molecule has 20 heavy (non-hydrogen) atoms. The van der Waals surface area contributed by atoms with Crippen LogP contribution < -0.4 is 10.6 Å². The minimum Gasteiger partial charge on any atom is -0.370 e. The zero-order valence-corrected chi connectivity index (χ0v) is 12.5. The molecule has 106 valence electrons. The van der Waals surface area contributed by atoms with Gasteiger partial charge in [-0.05, 0) is 31.0 Å². The van der Waals surface area contributed by atoms with Gasteiger partial charge >= 0.3 is 0 Å². The number of halogens is 1. The first-order valence-electron chi connectivity index (χ1n) is 6.85. The lowest BCUT2D eigenvalue weighted by Gasteiger charge is -2.14. The highest BCUT2D eigenvalue weighted by Crippen LogP contribution is 2.25. The molecule has 0 unspecified atom stereocenters. The van der Waals surface area contributed by atoms with Crippen molar-refractivity contribution >= 4 is 28.9 Å². The van der Waals surface area contributed by atoms with E-state index >= 15 is 0 Å². The summed E-state index contributed by atoms with van der Waals surface area (Å²) >= 11 is 6.00. The average Bonchev–Trinajstić information content (AvgIpc) is 2.45. The molecule has 0 aliphatic heterocycles. The minimum atomic E-state index is 0.700. The van der Waals surface area contributed by atoms with Gasteiger partial charge in [0.05, 0.1) is 0 Å². The normalized spacial score (nSPS) is 10.3. The SMILES string of the molecule is CCCNc1ncnc(Nc2cccc(Cl)c2)c1CC. The van der Waals surface area contributed by atoms with Gasteiger partial charge in [-0.15, -0.1) is 0 Å². The highest BCUT2D eigenvalue weighted by atomic mass is 35.5. The maximum Gasteiger partial charge on any atom is 0.139 e. The molecule has 0 aliphatic rings. The van der Waals surface area contributed by atoms with Crippen LogP contribution in [0.1, 0.15) is 25.8 Å². The Labute approximate surface area is 124 Å². The predicted molar refractivity (Wildman–Crippen MR) is 84.9 cm³/mol. The van der Waals surface area contributed by atoms with Gasteiger partial charge in [0.15, 0.2) is 0 Å². The number of hydrogen-bond donors (Lipinski definition) is 2. The molecule has 0 amide bonds. The van der Waals surface area contributed by atoms with Crippen molar-refractivity contribution in [1.29, 1.82) is 0 Å². The van der Waals surface area contributed by atoms with Crippen molar-refractivity contribution < 1.29 is 0 Å². The Morgan fingerprint density at radius 3 is 2.65 bits per heavy atom. The molecular weight excluding hydrogens is 272 g/mol. The van der Waals surface area contributed by atoms with Crippen molar-refractivity contribution in [3.8, 4) is 0 Å². The van der Waals surface area contributed by atoms with Gasteiger partial charge in [0.2, 0.25) is 0 Å². The van der Waals surface area contributed by atoms with Crippen LogP contribution in [0.5, 0.6) is 0 Å². The van der Waals surface area contributed by atoms with E-state index in [1.807, 2.05) is 24.3 Å². The molecule has 0 bridgehead atoms. The average molecular weight is 291 g/mol. The first-order valence-corrected chi connectivity index (χ1v) is 7.22. The molecule has 0 spiro atoms. The first-order chi connectivity index (χ1) is 9.74. The Kier molecular flexibility index (Phi) is 5.18. The second kappa shape index (κ2) is 7.10. The molecule has 5 heteroatoms. The summed E-state index contributed by atoms with van der Waals surface area (Å²) in [6, 6.07) is 7.60. The van der Waals surface area contributed by atoms with Gasteiger partial charge in [0.25, 0.3) is 0 Å². The van der Waals surface area contributed by atoms with Crippen LogP contribution in [0.25, 0.3) is 0 Å². The third kappa shape index (κ3) is 3.61. The molecule has 2 aromatic rings. The Morgan fingerprint density at radius 2 is 1.95 bits per heavy atom. The van der Waals surface area contributed by atoms with Crippen LogP contribution in [0.2, 0.25) is 5.02 Å². The highest BCUT2D eigenvalue weighted by molar-refractivity contribution is 6.30. The molecule has 0 aliphatic carbocycles. The maximum atomic E-state index is 6.00. The molecule has 4 nitrogen and oxygen atoms in total. The largest absolute Gasteiger partial charge is 0.370 e. The van der Waals surface area contributed by atoms with Crippen LogP contribution in [0, 0.1) is 0 Å². The lowest BCUT2D eigenvalue weighted by atomic mass is 10.2. The summed E-state index contributed by atoms with van der Waals surface area (Å²) in [5.74, 6) is 1.72. The van der Waals surface area contributed by atoms with E-state index in [1.165, 1.54) is 0 Å². The van der Waals surface area contributed by atoms with Crippen molar-refractivity contribution in [2.24, 2.45) is 0 Å². The standard InChI is InChI=1S/C15H19ClN4/c1-3-8-17-14-13(4-2)15(19-10-18-14)20-12-7-5-6-11(16)9-12/h5-7,9-10H,3-4,8H2,1-2H3,(H2,17,18,19,20). The van der Waals surface area contributed by atoms with E-state index in [2.05, 4.69) is 34.4 Å². The van der Waals surface area contributed by atoms with Gasteiger partial charge in [-0.25, -0.2) is 9.97 Å². The zero-order chi connectivity index (χ0) is 14.4. The quantitative estimate of drug-likeness (QED) is 0.835. The van der Waals surface area contributed by atoms with Gasteiger partial charge in [0, 0.05) is 22.8 Å². The molecule has 0 saturated heterocycles. The van der Waals surface area contributed by atoms with E-state index in [1.54, 1.807) is 6.33 Å². The Hall–Kier alpha value is -1.81. The summed E-state index contributed by atoms with van der Waals surface area (Å²) < 4.78 is 0. The highest BCUT2D eigenvalue weighted by Gasteiger charge is 2.09. The molecule has 2 N–H and O–H groups in total. The Balaban J connectivity index is 2.26. The van der Waals surface area contributed by atoms with Crippen LogP contribution in [0.3, 0.4) is 0 Å². The van der Waals surface area contributed by atoms with E-state index in [0.717, 1.165) is 42.3 Å². The molecular formula is C15H19ClN4. The number of anilines is 3. The number of benzene rings is 1. The van der Waals surface area contributed by atoms with E-state index in [0.29, 0.717) is 5.02 Å². The Morgan fingerprint density at radius 1 is 1.15 bits per heavy atom. The molecule has 1 aromatic carbocycles. The molecule has 0 fully saturated rings. The first kappa shape index (κ1) is 14.6. The van der Waals surface area contributed by atoms with Gasteiger partial charge in [-0.3, -0.25) is 0 Å². The van der Waals surface area contributed by atoms with Crippen LogP contribution in [0.4, 0.5) is 17.3 Å². The number of aromatic nitrogens is 2. The summed E-state index contributed by atoms with van der Waals surface area (Å²) in [5.41, 5.74) is 2.01. The third-order valence-corrected chi connectivity index (χ3v) is 3.16. The Bertz CT molecular complexity index is 572. The van der Waals surface area contributed by atoms with Gasteiger partial charge in [-0.1, -0.05) is 31.5 Å². The van der Waals surface area contributed by atoms with Crippen LogP contribution in [-0.4, -0.2) is 16.5 Å². The molecule has 1 aromatic heterocycles. The molecule has 2 rings (SSSR count). The van der Waals surface area contributed by atoms with Gasteiger partial charge in [0.1, 0.15) is 18.0 Å². The molecule has 0 atom stereocenters. The zero-order valence-electron chi connectivity index (χ0n) is 11.8. The van der Waals surface area contributed by atoms with Crippen molar-refractivity contribution in [3.05, 3.63) is 41.2 Å². The van der Waals surface area contributed by atoms with Crippen LogP contribution in [-0.2, 0) is 6.42 Å². The molecule has 0 radical (unpaired) electrons. The van der Waals surface area contributed by atoms with E-state index in [4.69, 9.17) is 11.6 Å². The minimum absolute atomic E-state index is 0.700. The fraction of sp³-hybridized carbons (Fsp3) is 0.333. The number of nitrogens with zero attached hydrogens (tertiary/aromatic N) is 2. The summed E-state index contributed by atoms with van der Waals surface area (Å²) in [4.78, 5) is 8.66. The fourth-order valence-electron chi connectivity index (χ4n) is 1.95. The smallest absolute Gasteiger partial charge is 0.139 e. The number of rotatable bonds is 6. The molecule has 0 saturated carbocycles. The third-order valence-electron chi connectivity index (χ3n) is 2.93. The van der Waals surface area contributed by atoms with Gasteiger partial charge < -0.3 is 10.6 Å². The van der Waals surface area contributed by atoms with E-state index in [-0.39, 0.29) is 0 Å². The predicted octanol–water partition coefficient (Wildman–Crippen LogP) is 4.26. The van der Waals surface area contributed by atoms with E-state index < -0.39 is 0 Å². The lowest BCUT2D eigenvalue weighted by molar-refractivity contribution is 0.949. The topological polar surface area (TPSA) is 49.8 Å². The number of nitrogens with one attached hydrogen (secondary N) is 2. The van der Waals surface area contributed by atoms with Crippen LogP contribution in [0.15, 0.2) is 30.6 Å². The second-order valence-corrected chi connectivity index (χ2v) is 4.90. The van der Waals surface area contributed by atoms with Crippen molar-refractivity contribution in [2.45, 2.75) is 26.7 Å².